The van der Waals surface area contributed by atoms with Crippen molar-refractivity contribution in [3.8, 4) is 0 Å². The van der Waals surface area contributed by atoms with Gasteiger partial charge in [-0.2, -0.15) is 0 Å². The third-order valence-electron chi connectivity index (χ3n) is 10.3. The molecule has 44 heavy (non-hydrogen) atoms. The predicted molar refractivity (Wildman–Crippen MR) is 165 cm³/mol. The lowest BCUT2D eigenvalue weighted by molar-refractivity contribution is -0.161. The third kappa shape index (κ3) is 7.04. The molecule has 9 unspecified atom stereocenters. The molecule has 0 bridgehead atoms. The minimum atomic E-state index is -1.39. The molecule has 4 rings (SSSR count). The van der Waals surface area contributed by atoms with Crippen LogP contribution < -0.4 is 16.6 Å². The van der Waals surface area contributed by atoms with Crippen molar-refractivity contribution in [1.29, 1.82) is 0 Å². The van der Waals surface area contributed by atoms with Crippen LogP contribution in [0.2, 0.25) is 0 Å². The average molecular weight is 610 g/mol. The maximum Gasteiger partial charge on any atom is 0.310 e. The minimum Gasteiger partial charge on any atom is -0.457 e. The normalized spacial score (nSPS) is 31.8. The first-order valence-corrected chi connectivity index (χ1v) is 15.7. The molecule has 3 aliphatic carbocycles. The van der Waals surface area contributed by atoms with Gasteiger partial charge in [0.15, 0.2) is 11.6 Å². The van der Waals surface area contributed by atoms with E-state index in [0.717, 1.165) is 11.1 Å². The van der Waals surface area contributed by atoms with Crippen molar-refractivity contribution in [2.45, 2.75) is 90.0 Å². The van der Waals surface area contributed by atoms with Crippen LogP contribution >= 0.6 is 0 Å². The van der Waals surface area contributed by atoms with Crippen molar-refractivity contribution >= 4 is 23.4 Å². The highest BCUT2D eigenvalue weighted by atomic mass is 16.5. The smallest absolute Gasteiger partial charge is 0.310 e. The van der Waals surface area contributed by atoms with Gasteiger partial charge in [-0.3, -0.25) is 24.6 Å². The molecule has 0 saturated heterocycles. The van der Waals surface area contributed by atoms with Crippen LogP contribution in [0.1, 0.15) is 65.4 Å². The first-order valence-electron chi connectivity index (χ1n) is 15.7. The molecule has 10 heteroatoms. The summed E-state index contributed by atoms with van der Waals surface area (Å²) in [5, 5.41) is 23.0. The molecule has 1 aromatic rings. The van der Waals surface area contributed by atoms with Crippen LogP contribution in [0.5, 0.6) is 0 Å². The molecule has 0 heterocycles. The molecule has 1 aromatic carbocycles. The van der Waals surface area contributed by atoms with Gasteiger partial charge in [0.25, 0.3) is 5.91 Å². The maximum atomic E-state index is 13.3. The van der Waals surface area contributed by atoms with E-state index in [1.54, 1.807) is 26.0 Å². The fraction of sp³-hybridized carbons (Fsp3) is 0.588. The summed E-state index contributed by atoms with van der Waals surface area (Å²) in [7, 11) is 0. The van der Waals surface area contributed by atoms with E-state index in [0.29, 0.717) is 32.1 Å². The SMILES string of the molecule is CCC1=CC(=O)C=CC1(C)C1CC2CCC(C(=O)COC(=O)C(C)C(C)NNC(=O)C(N)Cc3ccccc3)C2(O)CC1O. The standard InChI is InChI=1S/C34H47N3O7/c1-5-23-16-25(38)13-14-33(23,4)27-17-24-11-12-26(34(24,43)18-29(27)39)30(40)19-44-32(42)20(2)21(3)36-37-31(41)28(35)15-22-9-7-6-8-10-22/h6-10,13-14,16,20-21,24,26-29,36,39,43H,5,11-12,15,17-19,35H2,1-4H3,(H,37,41). The number of benzene rings is 1. The Kier molecular flexibility index (Phi) is 10.6. The van der Waals surface area contributed by atoms with Gasteiger partial charge in [-0.05, 0) is 68.6 Å². The highest BCUT2D eigenvalue weighted by Crippen LogP contribution is 2.56. The number of ether oxygens (including phenoxy) is 1. The second-order valence-corrected chi connectivity index (χ2v) is 13.1. The highest BCUT2D eigenvalue weighted by molar-refractivity contribution is 6.01. The number of nitrogens with one attached hydrogen (secondary N) is 2. The molecule has 0 aromatic heterocycles. The third-order valence-corrected chi connectivity index (χ3v) is 10.3. The molecule has 2 saturated carbocycles. The Morgan fingerprint density at radius 2 is 1.86 bits per heavy atom. The van der Waals surface area contributed by atoms with Gasteiger partial charge in [0.05, 0.1) is 29.6 Å². The van der Waals surface area contributed by atoms with E-state index in [2.05, 4.69) is 10.9 Å². The molecule has 3 aliphatic rings. The Bertz CT molecular complexity index is 1300. The summed E-state index contributed by atoms with van der Waals surface area (Å²) < 4.78 is 5.37. The van der Waals surface area contributed by atoms with Crippen LogP contribution in [0, 0.1) is 29.1 Å². The number of rotatable bonds is 12. The van der Waals surface area contributed by atoms with E-state index >= 15 is 0 Å². The van der Waals surface area contributed by atoms with Crippen LogP contribution in [0.15, 0.2) is 54.1 Å². The van der Waals surface area contributed by atoms with Crippen LogP contribution in [0.25, 0.3) is 0 Å². The lowest BCUT2D eigenvalue weighted by Crippen LogP contribution is -2.55. The number of Topliss-reactive ketones (excluding diaryl/α,β-unsaturated/α-hetero) is 1. The number of hydrogen-bond donors (Lipinski definition) is 5. The van der Waals surface area contributed by atoms with E-state index in [9.17, 15) is 29.4 Å². The molecular formula is C34H47N3O7. The van der Waals surface area contributed by atoms with E-state index in [4.69, 9.17) is 10.5 Å². The van der Waals surface area contributed by atoms with E-state index in [1.807, 2.05) is 50.3 Å². The fourth-order valence-corrected chi connectivity index (χ4v) is 7.33. The number of amides is 1. The molecule has 1 amide bonds. The van der Waals surface area contributed by atoms with E-state index in [-0.39, 0.29) is 29.8 Å². The van der Waals surface area contributed by atoms with Gasteiger partial charge in [-0.25, -0.2) is 5.43 Å². The largest absolute Gasteiger partial charge is 0.457 e. The number of allylic oxidation sites excluding steroid dienone is 4. The number of ketones is 2. The lowest BCUT2D eigenvalue weighted by Gasteiger charge is -2.50. The van der Waals surface area contributed by atoms with Crippen molar-refractivity contribution in [1.82, 2.24) is 10.9 Å². The highest BCUT2D eigenvalue weighted by Gasteiger charge is 2.59. The zero-order valence-electron chi connectivity index (χ0n) is 26.1. The zero-order chi connectivity index (χ0) is 32.2. The number of aliphatic hydroxyl groups excluding tert-OH is 1. The number of carbonyl (C=O) groups is 4. The van der Waals surface area contributed by atoms with E-state index < -0.39 is 59.5 Å². The maximum absolute atomic E-state index is 13.3. The van der Waals surface area contributed by atoms with Gasteiger partial charge >= 0.3 is 5.97 Å². The van der Waals surface area contributed by atoms with Crippen LogP contribution in [0.3, 0.4) is 0 Å². The van der Waals surface area contributed by atoms with Crippen molar-refractivity contribution < 1.29 is 34.1 Å². The Morgan fingerprint density at radius 3 is 2.55 bits per heavy atom. The van der Waals surface area contributed by atoms with Crippen LogP contribution in [0.4, 0.5) is 0 Å². The monoisotopic (exact) mass is 609 g/mol. The molecular weight excluding hydrogens is 562 g/mol. The number of hydrazine groups is 1. The van der Waals surface area contributed by atoms with Gasteiger partial charge in [0.2, 0.25) is 0 Å². The number of aliphatic hydroxyl groups is 2. The lowest BCUT2D eigenvalue weighted by atomic mass is 9.57. The fourth-order valence-electron chi connectivity index (χ4n) is 7.33. The van der Waals surface area contributed by atoms with Gasteiger partial charge < -0.3 is 20.7 Å². The summed E-state index contributed by atoms with van der Waals surface area (Å²) >= 11 is 0. The Hall–Kier alpha value is -3.18. The van der Waals surface area contributed by atoms with Gasteiger partial charge in [-0.15, -0.1) is 0 Å². The molecule has 240 valence electrons. The first-order chi connectivity index (χ1) is 20.8. The van der Waals surface area contributed by atoms with Crippen LogP contribution in [-0.4, -0.2) is 64.1 Å². The van der Waals surface area contributed by atoms with Crippen molar-refractivity contribution in [3.63, 3.8) is 0 Å². The average Bonchev–Trinajstić information content (AvgIpc) is 3.34. The van der Waals surface area contributed by atoms with Gasteiger partial charge in [0.1, 0.15) is 6.61 Å². The summed E-state index contributed by atoms with van der Waals surface area (Å²) in [5.74, 6) is -3.29. The summed E-state index contributed by atoms with van der Waals surface area (Å²) in [6.07, 6.45) is 6.89. The van der Waals surface area contributed by atoms with Crippen molar-refractivity contribution in [3.05, 3.63) is 59.7 Å². The summed E-state index contributed by atoms with van der Waals surface area (Å²) in [6.45, 7) is 6.88. The predicted octanol–water partition coefficient (Wildman–Crippen LogP) is 2.32. The number of esters is 1. The van der Waals surface area contributed by atoms with Gasteiger partial charge in [0, 0.05) is 17.9 Å². The second kappa shape index (κ2) is 13.9. The summed E-state index contributed by atoms with van der Waals surface area (Å²) in [4.78, 5) is 50.5. The number of hydrogen-bond acceptors (Lipinski definition) is 9. The zero-order valence-corrected chi connectivity index (χ0v) is 26.1. The molecule has 10 nitrogen and oxygen atoms in total. The van der Waals surface area contributed by atoms with Crippen LogP contribution in [-0.2, 0) is 30.3 Å². The quantitative estimate of drug-likeness (QED) is 0.176. The Morgan fingerprint density at radius 1 is 1.16 bits per heavy atom. The van der Waals surface area contributed by atoms with Gasteiger partial charge in [-0.1, -0.05) is 62.8 Å². The molecule has 0 radical (unpaired) electrons. The molecule has 0 aliphatic heterocycles. The Labute approximate surface area is 259 Å². The molecule has 0 spiro atoms. The summed E-state index contributed by atoms with van der Waals surface area (Å²) in [6, 6.07) is 8.12. The number of carbonyl (C=O) groups excluding carboxylic acids is 4. The van der Waals surface area contributed by atoms with E-state index in [1.165, 1.54) is 0 Å². The Balaban J connectivity index is 1.27. The molecule has 2 fully saturated rings. The first kappa shape index (κ1) is 33.7. The van der Waals surface area contributed by atoms with Crippen molar-refractivity contribution in [2.24, 2.45) is 34.8 Å². The minimum absolute atomic E-state index is 0.0462. The van der Waals surface area contributed by atoms with Crippen molar-refractivity contribution in [2.75, 3.05) is 6.61 Å². The molecule has 9 atom stereocenters. The number of nitrogens with two attached hydrogens (primary N) is 1. The molecule has 6 N–H and O–H groups in total. The topological polar surface area (TPSA) is 168 Å². The summed E-state index contributed by atoms with van der Waals surface area (Å²) in [5.41, 5.74) is 11.4. The second-order valence-electron chi connectivity index (χ2n) is 13.1. The number of fused-ring (bicyclic) bond motifs is 1.